The molecule has 1 amide bonds. The lowest BCUT2D eigenvalue weighted by atomic mass is 9.90. The van der Waals surface area contributed by atoms with Crippen LogP contribution in [0.5, 0.6) is 0 Å². The number of carbonyl (C=O) groups is 1. The molecule has 1 aromatic carbocycles. The van der Waals surface area contributed by atoms with E-state index in [-0.39, 0.29) is 17.6 Å². The molecule has 0 radical (unpaired) electrons. The van der Waals surface area contributed by atoms with E-state index in [9.17, 15) is 9.18 Å². The molecule has 1 aliphatic rings. The van der Waals surface area contributed by atoms with Crippen LogP contribution in [0.1, 0.15) is 22.8 Å². The second-order valence-electron chi connectivity index (χ2n) is 4.02. The molecule has 17 heavy (non-hydrogen) atoms. The maximum absolute atomic E-state index is 13.8. The predicted molar refractivity (Wildman–Crippen MR) is 65.8 cm³/mol. The second kappa shape index (κ2) is 3.96. The van der Waals surface area contributed by atoms with Crippen LogP contribution in [0.2, 0.25) is 0 Å². The number of hydrogen-bond acceptors (Lipinski definition) is 2. The smallest absolute Gasteiger partial charge is 0.225 e. The summed E-state index contributed by atoms with van der Waals surface area (Å²) in [7, 11) is 0. The highest BCUT2D eigenvalue weighted by molar-refractivity contribution is 7.10. The first-order valence-electron chi connectivity index (χ1n) is 5.37. The van der Waals surface area contributed by atoms with Gasteiger partial charge in [0.2, 0.25) is 5.91 Å². The monoisotopic (exact) mass is 247 g/mol. The van der Waals surface area contributed by atoms with Crippen molar-refractivity contribution in [3.8, 4) is 0 Å². The van der Waals surface area contributed by atoms with Crippen molar-refractivity contribution in [1.29, 1.82) is 0 Å². The fourth-order valence-corrected chi connectivity index (χ4v) is 3.15. The van der Waals surface area contributed by atoms with Crippen LogP contribution >= 0.6 is 11.3 Å². The van der Waals surface area contributed by atoms with E-state index in [0.717, 1.165) is 10.6 Å². The lowest BCUT2D eigenvalue weighted by Gasteiger charge is -2.23. The number of hydrogen-bond donors (Lipinski definition) is 1. The zero-order valence-corrected chi connectivity index (χ0v) is 9.76. The fourth-order valence-electron chi connectivity index (χ4n) is 2.18. The molecule has 1 aromatic heterocycles. The first-order valence-corrected chi connectivity index (χ1v) is 6.25. The molecule has 1 aliphatic heterocycles. The third-order valence-electron chi connectivity index (χ3n) is 2.96. The minimum atomic E-state index is -0.244. The summed E-state index contributed by atoms with van der Waals surface area (Å²) in [6.07, 6.45) is 0.314. The maximum Gasteiger partial charge on any atom is 0.225 e. The molecule has 2 aromatic rings. The van der Waals surface area contributed by atoms with E-state index in [4.69, 9.17) is 0 Å². The molecule has 86 valence electrons. The number of amides is 1. The molecular weight excluding hydrogens is 237 g/mol. The number of rotatable bonds is 1. The van der Waals surface area contributed by atoms with Crippen LogP contribution in [0.3, 0.4) is 0 Å². The second-order valence-corrected chi connectivity index (χ2v) is 4.97. The van der Waals surface area contributed by atoms with E-state index in [1.165, 1.54) is 6.07 Å². The van der Waals surface area contributed by atoms with Gasteiger partial charge in [0.15, 0.2) is 0 Å². The van der Waals surface area contributed by atoms with Crippen LogP contribution in [0, 0.1) is 5.82 Å². The Morgan fingerprint density at radius 3 is 2.94 bits per heavy atom. The molecule has 1 N–H and O–H groups in total. The lowest BCUT2D eigenvalue weighted by Crippen LogP contribution is -2.22. The number of anilines is 1. The minimum Gasteiger partial charge on any atom is -0.325 e. The van der Waals surface area contributed by atoms with Gasteiger partial charge in [-0.2, -0.15) is 0 Å². The Hall–Kier alpha value is -1.68. The van der Waals surface area contributed by atoms with Gasteiger partial charge in [0.05, 0.1) is 5.69 Å². The van der Waals surface area contributed by atoms with Crippen LogP contribution < -0.4 is 5.32 Å². The molecule has 4 heteroatoms. The van der Waals surface area contributed by atoms with Crippen LogP contribution in [0.15, 0.2) is 35.7 Å². The molecule has 0 aliphatic carbocycles. The third-order valence-corrected chi connectivity index (χ3v) is 3.99. The van der Waals surface area contributed by atoms with Gasteiger partial charge in [-0.05, 0) is 23.1 Å². The molecule has 2 nitrogen and oxygen atoms in total. The minimum absolute atomic E-state index is 0.0517. The van der Waals surface area contributed by atoms with Gasteiger partial charge < -0.3 is 5.32 Å². The highest BCUT2D eigenvalue weighted by Crippen LogP contribution is 2.41. The normalized spacial score (nSPS) is 18.6. The number of halogens is 1. The standard InChI is InChI=1S/C13H10FNOS/c14-10-4-2-1-3-8(10)9-7-12(16)15-11-5-6-17-13(9)11/h1-6,9H,7H2,(H,15,16)/t9-/m1/s1. The summed E-state index contributed by atoms with van der Waals surface area (Å²) in [5.74, 6) is -0.448. The van der Waals surface area contributed by atoms with Crippen LogP contribution in [0.25, 0.3) is 0 Å². The average Bonchev–Trinajstić information content (AvgIpc) is 2.76. The predicted octanol–water partition coefficient (Wildman–Crippen LogP) is 3.36. The van der Waals surface area contributed by atoms with Gasteiger partial charge in [0.1, 0.15) is 5.82 Å². The van der Waals surface area contributed by atoms with Gasteiger partial charge in [0.25, 0.3) is 0 Å². The summed E-state index contributed by atoms with van der Waals surface area (Å²) >= 11 is 1.56. The summed E-state index contributed by atoms with van der Waals surface area (Å²) in [4.78, 5) is 12.6. The Kier molecular flexibility index (Phi) is 2.44. The summed E-state index contributed by atoms with van der Waals surface area (Å²) in [6.45, 7) is 0. The van der Waals surface area contributed by atoms with Crippen molar-refractivity contribution in [2.45, 2.75) is 12.3 Å². The van der Waals surface area contributed by atoms with E-state index in [1.807, 2.05) is 11.4 Å². The highest BCUT2D eigenvalue weighted by Gasteiger charge is 2.29. The molecule has 0 saturated carbocycles. The van der Waals surface area contributed by atoms with E-state index < -0.39 is 0 Å². The molecule has 0 bridgehead atoms. The first-order chi connectivity index (χ1) is 8.25. The topological polar surface area (TPSA) is 29.1 Å². The highest BCUT2D eigenvalue weighted by atomic mass is 32.1. The lowest BCUT2D eigenvalue weighted by molar-refractivity contribution is -0.116. The Bertz CT molecular complexity index is 578. The summed E-state index contributed by atoms with van der Waals surface area (Å²) in [5, 5.41) is 4.73. The van der Waals surface area contributed by atoms with E-state index in [1.54, 1.807) is 29.5 Å². The largest absolute Gasteiger partial charge is 0.325 e. The van der Waals surface area contributed by atoms with Crippen LogP contribution in [-0.2, 0) is 4.79 Å². The van der Waals surface area contributed by atoms with E-state index in [2.05, 4.69) is 5.32 Å². The molecule has 2 heterocycles. The fraction of sp³-hybridized carbons (Fsp3) is 0.154. The number of carbonyl (C=O) groups excluding carboxylic acids is 1. The molecule has 1 atom stereocenters. The Morgan fingerprint density at radius 2 is 2.12 bits per heavy atom. The first kappa shape index (κ1) is 10.5. The van der Waals surface area contributed by atoms with Crippen LogP contribution in [-0.4, -0.2) is 5.91 Å². The average molecular weight is 247 g/mol. The van der Waals surface area contributed by atoms with Crippen molar-refractivity contribution in [1.82, 2.24) is 0 Å². The number of thiophene rings is 1. The van der Waals surface area contributed by atoms with Gasteiger partial charge in [-0.1, -0.05) is 18.2 Å². The third kappa shape index (κ3) is 1.74. The summed E-state index contributed by atoms with van der Waals surface area (Å²) in [6, 6.07) is 8.53. The summed E-state index contributed by atoms with van der Waals surface area (Å²) < 4.78 is 13.8. The van der Waals surface area contributed by atoms with Crippen molar-refractivity contribution in [3.05, 3.63) is 52.0 Å². The van der Waals surface area contributed by atoms with Crippen molar-refractivity contribution < 1.29 is 9.18 Å². The van der Waals surface area contributed by atoms with E-state index >= 15 is 0 Å². The van der Waals surface area contributed by atoms with Crippen molar-refractivity contribution in [2.75, 3.05) is 5.32 Å². The molecular formula is C13H10FNOS. The number of nitrogens with one attached hydrogen (secondary N) is 1. The molecule has 3 rings (SSSR count). The zero-order valence-electron chi connectivity index (χ0n) is 8.94. The Labute approximate surface area is 102 Å². The van der Waals surface area contributed by atoms with Crippen molar-refractivity contribution >= 4 is 22.9 Å². The van der Waals surface area contributed by atoms with Crippen molar-refractivity contribution in [2.24, 2.45) is 0 Å². The van der Waals surface area contributed by atoms with E-state index in [0.29, 0.717) is 12.0 Å². The summed E-state index contributed by atoms with van der Waals surface area (Å²) in [5.41, 5.74) is 1.42. The molecule has 0 unspecified atom stereocenters. The quantitative estimate of drug-likeness (QED) is 0.822. The van der Waals surface area contributed by atoms with Gasteiger partial charge in [-0.15, -0.1) is 11.3 Å². The SMILES string of the molecule is O=C1C[C@H](c2ccccc2F)c2sccc2N1. The Morgan fingerprint density at radius 1 is 1.29 bits per heavy atom. The zero-order chi connectivity index (χ0) is 11.8. The van der Waals surface area contributed by atoms with Gasteiger partial charge in [-0.25, -0.2) is 4.39 Å². The Balaban J connectivity index is 2.11. The van der Waals surface area contributed by atoms with Crippen LogP contribution in [0.4, 0.5) is 10.1 Å². The molecule has 0 saturated heterocycles. The number of fused-ring (bicyclic) bond motifs is 1. The number of benzene rings is 1. The van der Waals surface area contributed by atoms with Gasteiger partial charge >= 0.3 is 0 Å². The molecule has 0 fully saturated rings. The van der Waals surface area contributed by atoms with Crippen molar-refractivity contribution in [3.63, 3.8) is 0 Å². The van der Waals surface area contributed by atoms with Gasteiger partial charge in [0, 0.05) is 17.2 Å². The maximum atomic E-state index is 13.8. The molecule has 0 spiro atoms. The van der Waals surface area contributed by atoms with Gasteiger partial charge in [-0.3, -0.25) is 4.79 Å².